The molecule has 110 valence electrons. The lowest BCUT2D eigenvalue weighted by molar-refractivity contribution is -0.136. The van der Waals surface area contributed by atoms with Crippen LogP contribution in [0.2, 0.25) is 0 Å². The predicted molar refractivity (Wildman–Crippen MR) is 79.1 cm³/mol. The van der Waals surface area contributed by atoms with E-state index in [0.29, 0.717) is 29.6 Å². The molecule has 2 N–H and O–H groups in total. The van der Waals surface area contributed by atoms with E-state index in [0.717, 1.165) is 13.1 Å². The van der Waals surface area contributed by atoms with Crippen molar-refractivity contribution in [2.75, 3.05) is 13.1 Å². The van der Waals surface area contributed by atoms with Crippen LogP contribution in [0.3, 0.4) is 0 Å². The monoisotopic (exact) mass is 286 g/mol. The van der Waals surface area contributed by atoms with E-state index in [1.54, 1.807) is 0 Å². The van der Waals surface area contributed by atoms with E-state index in [4.69, 9.17) is 5.73 Å². The van der Waals surface area contributed by atoms with Crippen molar-refractivity contribution in [2.45, 2.75) is 45.6 Å². The highest BCUT2D eigenvalue weighted by Gasteiger charge is 2.50. The molecule has 19 heavy (non-hydrogen) atoms. The molecule has 0 spiro atoms. The summed E-state index contributed by atoms with van der Waals surface area (Å²) in [6, 6.07) is 0.148. The molecule has 2 saturated carbocycles. The minimum atomic E-state index is 0. The Morgan fingerprint density at radius 2 is 1.89 bits per heavy atom. The molecule has 3 aliphatic rings. The van der Waals surface area contributed by atoms with Gasteiger partial charge in [0.15, 0.2) is 0 Å². The second-order valence-corrected chi connectivity index (χ2v) is 7.01. The van der Waals surface area contributed by atoms with Crippen molar-refractivity contribution in [3.8, 4) is 0 Å². The van der Waals surface area contributed by atoms with Crippen LogP contribution in [0.25, 0.3) is 0 Å². The molecule has 0 aromatic carbocycles. The molecule has 2 aliphatic carbocycles. The summed E-state index contributed by atoms with van der Waals surface area (Å²) < 4.78 is 0. The Kier molecular flexibility index (Phi) is 4.46. The number of carbonyl (C=O) groups is 1. The molecule has 1 amide bonds. The van der Waals surface area contributed by atoms with Crippen molar-refractivity contribution >= 4 is 18.3 Å². The SMILES string of the molecule is CC(C)C1CCN(C(=O)C2C3CCC(C3)C2N)C1.Cl. The second-order valence-electron chi connectivity index (χ2n) is 7.01. The lowest BCUT2D eigenvalue weighted by Crippen LogP contribution is -2.46. The largest absolute Gasteiger partial charge is 0.342 e. The quantitative estimate of drug-likeness (QED) is 0.847. The lowest BCUT2D eigenvalue weighted by Gasteiger charge is -2.31. The molecule has 0 aromatic heterocycles. The summed E-state index contributed by atoms with van der Waals surface area (Å²) in [4.78, 5) is 14.8. The van der Waals surface area contributed by atoms with Gasteiger partial charge in [0.05, 0.1) is 5.92 Å². The summed E-state index contributed by atoms with van der Waals surface area (Å²) in [6.45, 7) is 6.46. The maximum Gasteiger partial charge on any atom is 0.227 e. The van der Waals surface area contributed by atoms with Crippen LogP contribution in [0.5, 0.6) is 0 Å². The fourth-order valence-electron chi connectivity index (χ4n) is 4.44. The van der Waals surface area contributed by atoms with Gasteiger partial charge in [-0.25, -0.2) is 0 Å². The van der Waals surface area contributed by atoms with Crippen molar-refractivity contribution < 1.29 is 4.79 Å². The molecule has 3 nitrogen and oxygen atoms in total. The molecule has 0 radical (unpaired) electrons. The van der Waals surface area contributed by atoms with E-state index in [2.05, 4.69) is 18.7 Å². The Labute approximate surface area is 122 Å². The third kappa shape index (κ3) is 2.52. The molecule has 0 aromatic rings. The van der Waals surface area contributed by atoms with Crippen LogP contribution in [-0.2, 0) is 4.79 Å². The Morgan fingerprint density at radius 1 is 1.21 bits per heavy atom. The van der Waals surface area contributed by atoms with Gasteiger partial charge >= 0.3 is 0 Å². The highest BCUT2D eigenvalue weighted by atomic mass is 35.5. The van der Waals surface area contributed by atoms with Crippen LogP contribution >= 0.6 is 12.4 Å². The summed E-state index contributed by atoms with van der Waals surface area (Å²) in [5, 5.41) is 0. The number of nitrogens with two attached hydrogens (primary N) is 1. The van der Waals surface area contributed by atoms with Crippen molar-refractivity contribution in [2.24, 2.45) is 35.3 Å². The predicted octanol–water partition coefficient (Wildman–Crippen LogP) is 2.29. The average Bonchev–Trinajstić information content (AvgIpc) is 3.03. The highest BCUT2D eigenvalue weighted by Crippen LogP contribution is 2.48. The number of hydrogen-bond donors (Lipinski definition) is 1. The lowest BCUT2D eigenvalue weighted by atomic mass is 9.84. The average molecular weight is 287 g/mol. The zero-order valence-corrected chi connectivity index (χ0v) is 12.9. The van der Waals surface area contributed by atoms with E-state index >= 15 is 0 Å². The smallest absolute Gasteiger partial charge is 0.227 e. The van der Waals surface area contributed by atoms with Crippen molar-refractivity contribution in [1.29, 1.82) is 0 Å². The summed E-state index contributed by atoms with van der Waals surface area (Å²) in [5.41, 5.74) is 6.28. The van der Waals surface area contributed by atoms with E-state index in [1.165, 1.54) is 25.7 Å². The Morgan fingerprint density at radius 3 is 2.42 bits per heavy atom. The minimum Gasteiger partial charge on any atom is -0.342 e. The number of halogens is 1. The number of nitrogens with zero attached hydrogens (tertiary/aromatic N) is 1. The van der Waals surface area contributed by atoms with Gasteiger partial charge in [-0.2, -0.15) is 0 Å². The van der Waals surface area contributed by atoms with Crippen LogP contribution in [0.1, 0.15) is 39.5 Å². The fraction of sp³-hybridized carbons (Fsp3) is 0.933. The van der Waals surface area contributed by atoms with Gasteiger partial charge in [0, 0.05) is 19.1 Å². The van der Waals surface area contributed by atoms with Gasteiger partial charge < -0.3 is 10.6 Å². The van der Waals surface area contributed by atoms with E-state index in [-0.39, 0.29) is 24.4 Å². The molecule has 1 aliphatic heterocycles. The van der Waals surface area contributed by atoms with Crippen molar-refractivity contribution in [1.82, 2.24) is 4.90 Å². The van der Waals surface area contributed by atoms with Gasteiger partial charge in [-0.1, -0.05) is 13.8 Å². The van der Waals surface area contributed by atoms with Crippen molar-refractivity contribution in [3.63, 3.8) is 0 Å². The molecule has 1 saturated heterocycles. The van der Waals surface area contributed by atoms with Crippen LogP contribution < -0.4 is 5.73 Å². The van der Waals surface area contributed by atoms with Crippen LogP contribution in [-0.4, -0.2) is 29.9 Å². The first-order chi connectivity index (χ1) is 8.58. The van der Waals surface area contributed by atoms with E-state index < -0.39 is 0 Å². The molecule has 5 unspecified atom stereocenters. The van der Waals surface area contributed by atoms with Gasteiger partial charge in [-0.05, 0) is 49.4 Å². The van der Waals surface area contributed by atoms with Crippen LogP contribution in [0.4, 0.5) is 0 Å². The first-order valence-electron chi connectivity index (χ1n) is 7.62. The normalized spacial score (nSPS) is 40.8. The molecular weight excluding hydrogens is 260 g/mol. The summed E-state index contributed by atoms with van der Waals surface area (Å²) >= 11 is 0. The van der Waals surface area contributed by atoms with Crippen LogP contribution in [0.15, 0.2) is 0 Å². The maximum atomic E-state index is 12.7. The first-order valence-corrected chi connectivity index (χ1v) is 7.62. The summed E-state index contributed by atoms with van der Waals surface area (Å²) in [6.07, 6.45) is 4.87. The number of hydrogen-bond acceptors (Lipinski definition) is 2. The van der Waals surface area contributed by atoms with Gasteiger partial charge in [-0.3, -0.25) is 4.79 Å². The zero-order chi connectivity index (χ0) is 12.9. The molecule has 1 heterocycles. The van der Waals surface area contributed by atoms with Crippen molar-refractivity contribution in [3.05, 3.63) is 0 Å². The number of likely N-dealkylation sites (tertiary alicyclic amines) is 1. The van der Waals surface area contributed by atoms with Gasteiger partial charge in [-0.15, -0.1) is 12.4 Å². The maximum absolute atomic E-state index is 12.7. The zero-order valence-electron chi connectivity index (χ0n) is 12.0. The standard InChI is InChI=1S/C15H26N2O.ClH/c1-9(2)12-5-6-17(8-12)15(18)13-10-3-4-11(7-10)14(13)16;/h9-14H,3-8,16H2,1-2H3;1H. The van der Waals surface area contributed by atoms with Gasteiger partial charge in [0.1, 0.15) is 0 Å². The van der Waals surface area contributed by atoms with E-state index in [9.17, 15) is 4.79 Å². The molecule has 5 atom stereocenters. The molecule has 3 fully saturated rings. The molecule has 3 rings (SSSR count). The summed E-state index contributed by atoms with van der Waals surface area (Å²) in [5.74, 6) is 3.14. The minimum absolute atomic E-state index is 0. The number of rotatable bonds is 2. The topological polar surface area (TPSA) is 46.3 Å². The Hall–Kier alpha value is -0.280. The first kappa shape index (κ1) is 15.1. The Bertz CT molecular complexity index is 345. The van der Waals surface area contributed by atoms with Gasteiger partial charge in [0.25, 0.3) is 0 Å². The van der Waals surface area contributed by atoms with Gasteiger partial charge in [0.2, 0.25) is 5.91 Å². The number of carbonyl (C=O) groups excluding carboxylic acids is 1. The number of amides is 1. The molecule has 4 heteroatoms. The fourth-order valence-corrected chi connectivity index (χ4v) is 4.44. The molecule has 2 bridgehead atoms. The number of fused-ring (bicyclic) bond motifs is 2. The second kappa shape index (κ2) is 5.61. The third-order valence-corrected chi connectivity index (χ3v) is 5.74. The summed E-state index contributed by atoms with van der Waals surface area (Å²) in [7, 11) is 0. The highest BCUT2D eigenvalue weighted by molar-refractivity contribution is 5.85. The van der Waals surface area contributed by atoms with Crippen LogP contribution in [0, 0.1) is 29.6 Å². The Balaban J connectivity index is 0.00000133. The van der Waals surface area contributed by atoms with E-state index in [1.807, 2.05) is 0 Å². The molecular formula is C15H27ClN2O. The third-order valence-electron chi connectivity index (χ3n) is 5.74.